The minimum Gasteiger partial charge on any atom is -0.494 e. The van der Waals surface area contributed by atoms with Gasteiger partial charge in [-0.15, -0.1) is 0 Å². The Balaban J connectivity index is 2.08. The van der Waals surface area contributed by atoms with Crippen molar-refractivity contribution in [3.05, 3.63) is 59.7 Å². The standard InChI is InChI=1S/C16H19FN2O/c1-11(13-7-8-16(20-3)14(17)10-13)19-12(2)15-6-4-5-9-18-15/h4-12,19H,1-3H3/t11?,12-/m0/s1. The van der Waals surface area contributed by atoms with Crippen LogP contribution in [-0.4, -0.2) is 12.1 Å². The number of nitrogens with zero attached hydrogens (tertiary/aromatic N) is 1. The lowest BCUT2D eigenvalue weighted by Gasteiger charge is -2.20. The van der Waals surface area contributed by atoms with E-state index in [4.69, 9.17) is 4.74 Å². The maximum absolute atomic E-state index is 13.7. The first kappa shape index (κ1) is 14.5. The molecule has 0 aliphatic rings. The molecule has 4 heteroatoms. The maximum Gasteiger partial charge on any atom is 0.165 e. The van der Waals surface area contributed by atoms with E-state index in [9.17, 15) is 4.39 Å². The van der Waals surface area contributed by atoms with Gasteiger partial charge in [-0.3, -0.25) is 4.98 Å². The molecule has 1 unspecified atom stereocenters. The second-order valence-corrected chi connectivity index (χ2v) is 4.76. The molecule has 0 bridgehead atoms. The van der Waals surface area contributed by atoms with E-state index in [0.717, 1.165) is 11.3 Å². The van der Waals surface area contributed by atoms with Gasteiger partial charge in [0.15, 0.2) is 11.6 Å². The highest BCUT2D eigenvalue weighted by atomic mass is 19.1. The molecule has 0 radical (unpaired) electrons. The van der Waals surface area contributed by atoms with Crippen LogP contribution in [0.5, 0.6) is 5.75 Å². The number of hydrogen-bond acceptors (Lipinski definition) is 3. The van der Waals surface area contributed by atoms with Gasteiger partial charge in [-0.25, -0.2) is 4.39 Å². The Hall–Kier alpha value is -1.94. The van der Waals surface area contributed by atoms with E-state index in [2.05, 4.69) is 10.3 Å². The van der Waals surface area contributed by atoms with Crippen LogP contribution in [0.15, 0.2) is 42.6 Å². The van der Waals surface area contributed by atoms with Crippen molar-refractivity contribution in [1.82, 2.24) is 10.3 Å². The van der Waals surface area contributed by atoms with Gasteiger partial charge in [-0.1, -0.05) is 12.1 Å². The van der Waals surface area contributed by atoms with Gasteiger partial charge >= 0.3 is 0 Å². The van der Waals surface area contributed by atoms with Gasteiger partial charge in [-0.2, -0.15) is 0 Å². The molecule has 0 aliphatic carbocycles. The average Bonchev–Trinajstić information content (AvgIpc) is 2.48. The average molecular weight is 274 g/mol. The van der Waals surface area contributed by atoms with Crippen LogP contribution in [0.25, 0.3) is 0 Å². The third-order valence-corrected chi connectivity index (χ3v) is 3.31. The summed E-state index contributed by atoms with van der Waals surface area (Å²) in [5, 5.41) is 3.41. The monoisotopic (exact) mass is 274 g/mol. The zero-order valence-corrected chi connectivity index (χ0v) is 11.9. The minimum absolute atomic E-state index is 0.0208. The van der Waals surface area contributed by atoms with Crippen molar-refractivity contribution in [2.75, 3.05) is 7.11 Å². The Morgan fingerprint density at radius 3 is 2.55 bits per heavy atom. The van der Waals surface area contributed by atoms with E-state index in [1.54, 1.807) is 12.3 Å². The molecule has 2 aromatic rings. The Bertz CT molecular complexity index is 560. The van der Waals surface area contributed by atoms with Crippen LogP contribution in [0.1, 0.15) is 37.2 Å². The van der Waals surface area contributed by atoms with E-state index in [0.29, 0.717) is 0 Å². The van der Waals surface area contributed by atoms with Crippen molar-refractivity contribution in [1.29, 1.82) is 0 Å². The fourth-order valence-electron chi connectivity index (χ4n) is 2.14. The summed E-state index contributed by atoms with van der Waals surface area (Å²) in [6.07, 6.45) is 1.77. The molecular weight excluding hydrogens is 255 g/mol. The molecule has 0 amide bonds. The Labute approximate surface area is 118 Å². The van der Waals surface area contributed by atoms with Gasteiger partial charge in [0.25, 0.3) is 0 Å². The molecule has 106 valence electrons. The highest BCUT2D eigenvalue weighted by Crippen LogP contribution is 2.23. The van der Waals surface area contributed by atoms with Crippen molar-refractivity contribution in [2.24, 2.45) is 0 Å². The van der Waals surface area contributed by atoms with E-state index in [1.807, 2.05) is 38.1 Å². The minimum atomic E-state index is -0.343. The predicted octanol–water partition coefficient (Wildman–Crippen LogP) is 3.64. The Morgan fingerprint density at radius 2 is 1.95 bits per heavy atom. The van der Waals surface area contributed by atoms with Crippen LogP contribution in [0, 0.1) is 5.82 Å². The first-order chi connectivity index (χ1) is 9.61. The molecular formula is C16H19FN2O. The third-order valence-electron chi connectivity index (χ3n) is 3.31. The lowest BCUT2D eigenvalue weighted by atomic mass is 10.1. The molecule has 3 nitrogen and oxygen atoms in total. The van der Waals surface area contributed by atoms with Crippen molar-refractivity contribution in [3.63, 3.8) is 0 Å². The zero-order valence-electron chi connectivity index (χ0n) is 11.9. The number of aromatic nitrogens is 1. The van der Waals surface area contributed by atoms with Crippen LogP contribution < -0.4 is 10.1 Å². The topological polar surface area (TPSA) is 34.1 Å². The molecule has 2 rings (SSSR count). The molecule has 0 aliphatic heterocycles. The molecule has 1 N–H and O–H groups in total. The number of rotatable bonds is 5. The van der Waals surface area contributed by atoms with Crippen molar-refractivity contribution >= 4 is 0 Å². The Morgan fingerprint density at radius 1 is 1.15 bits per heavy atom. The van der Waals surface area contributed by atoms with Gasteiger partial charge < -0.3 is 10.1 Å². The number of ether oxygens (including phenoxy) is 1. The highest BCUT2D eigenvalue weighted by Gasteiger charge is 2.13. The number of halogens is 1. The summed E-state index contributed by atoms with van der Waals surface area (Å²) in [6, 6.07) is 10.9. The lowest BCUT2D eigenvalue weighted by molar-refractivity contribution is 0.385. The third kappa shape index (κ3) is 3.33. The molecule has 0 fully saturated rings. The van der Waals surface area contributed by atoms with Crippen molar-refractivity contribution < 1.29 is 9.13 Å². The second kappa shape index (κ2) is 6.48. The summed E-state index contributed by atoms with van der Waals surface area (Å²) in [6.45, 7) is 4.04. The molecule has 20 heavy (non-hydrogen) atoms. The maximum atomic E-state index is 13.7. The van der Waals surface area contributed by atoms with Gasteiger partial charge in [-0.05, 0) is 43.7 Å². The van der Waals surface area contributed by atoms with Crippen LogP contribution in [0.3, 0.4) is 0 Å². The first-order valence-electron chi connectivity index (χ1n) is 6.62. The quantitative estimate of drug-likeness (QED) is 0.903. The molecule has 0 spiro atoms. The first-order valence-corrected chi connectivity index (χ1v) is 6.62. The second-order valence-electron chi connectivity index (χ2n) is 4.76. The summed E-state index contributed by atoms with van der Waals surface area (Å²) >= 11 is 0. The summed E-state index contributed by atoms with van der Waals surface area (Å²) in [7, 11) is 1.46. The van der Waals surface area contributed by atoms with Crippen LogP contribution in [0.2, 0.25) is 0 Å². The zero-order chi connectivity index (χ0) is 14.5. The van der Waals surface area contributed by atoms with Gasteiger partial charge in [0.1, 0.15) is 0 Å². The molecule has 0 saturated heterocycles. The number of benzene rings is 1. The summed E-state index contributed by atoms with van der Waals surface area (Å²) < 4.78 is 18.6. The van der Waals surface area contributed by atoms with Crippen LogP contribution in [-0.2, 0) is 0 Å². The van der Waals surface area contributed by atoms with E-state index in [-0.39, 0.29) is 23.7 Å². The van der Waals surface area contributed by atoms with E-state index in [1.165, 1.54) is 13.2 Å². The lowest BCUT2D eigenvalue weighted by Crippen LogP contribution is -2.23. The molecule has 0 saturated carbocycles. The smallest absolute Gasteiger partial charge is 0.165 e. The van der Waals surface area contributed by atoms with Gasteiger partial charge in [0.05, 0.1) is 12.8 Å². The molecule has 2 atom stereocenters. The number of nitrogens with one attached hydrogen (secondary N) is 1. The summed E-state index contributed by atoms with van der Waals surface area (Å²) in [4.78, 5) is 4.31. The molecule has 1 heterocycles. The van der Waals surface area contributed by atoms with Crippen LogP contribution in [0.4, 0.5) is 4.39 Å². The summed E-state index contributed by atoms with van der Waals surface area (Å²) in [5.41, 5.74) is 1.85. The largest absolute Gasteiger partial charge is 0.494 e. The predicted molar refractivity (Wildman–Crippen MR) is 77.2 cm³/mol. The van der Waals surface area contributed by atoms with E-state index >= 15 is 0 Å². The number of pyridine rings is 1. The summed E-state index contributed by atoms with van der Waals surface area (Å²) in [5.74, 6) is -0.0807. The van der Waals surface area contributed by atoms with E-state index < -0.39 is 0 Å². The SMILES string of the molecule is COc1ccc(C(C)N[C@@H](C)c2ccccn2)cc1F. The van der Waals surface area contributed by atoms with Gasteiger partial charge in [0, 0.05) is 18.3 Å². The van der Waals surface area contributed by atoms with Gasteiger partial charge in [0.2, 0.25) is 0 Å². The van der Waals surface area contributed by atoms with Crippen LogP contribution >= 0.6 is 0 Å². The normalized spacial score (nSPS) is 13.8. The molecule has 1 aromatic heterocycles. The highest BCUT2D eigenvalue weighted by molar-refractivity contribution is 5.31. The fraction of sp³-hybridized carbons (Fsp3) is 0.312. The van der Waals surface area contributed by atoms with Crippen molar-refractivity contribution in [3.8, 4) is 5.75 Å². The van der Waals surface area contributed by atoms with Crippen molar-refractivity contribution in [2.45, 2.75) is 25.9 Å². The number of methoxy groups -OCH3 is 1. The number of hydrogen-bond donors (Lipinski definition) is 1. The Kier molecular flexibility index (Phi) is 4.69. The fourth-order valence-corrected chi connectivity index (χ4v) is 2.14. The molecule has 1 aromatic carbocycles.